The molecule has 6 heteroatoms. The molecule has 3 rings (SSSR count). The Balaban J connectivity index is 1.80. The van der Waals surface area contributed by atoms with Gasteiger partial charge in [-0.15, -0.1) is 0 Å². The van der Waals surface area contributed by atoms with Gasteiger partial charge in [0.1, 0.15) is 10.7 Å². The molecule has 1 atom stereocenters. The van der Waals surface area contributed by atoms with Gasteiger partial charge in [0.2, 0.25) is 10.0 Å². The van der Waals surface area contributed by atoms with Gasteiger partial charge in [0, 0.05) is 12.6 Å². The Bertz CT molecular complexity index is 821. The van der Waals surface area contributed by atoms with Crippen LogP contribution in [0.25, 0.3) is 0 Å². The molecule has 2 aromatic carbocycles. The highest BCUT2D eigenvalue weighted by Crippen LogP contribution is 2.23. The van der Waals surface area contributed by atoms with Gasteiger partial charge in [-0.25, -0.2) is 17.5 Å². The maximum absolute atomic E-state index is 14.1. The van der Waals surface area contributed by atoms with Crippen LogP contribution in [0.2, 0.25) is 0 Å². The molecule has 4 nitrogen and oxygen atoms in total. The fourth-order valence-electron chi connectivity index (χ4n) is 2.87. The van der Waals surface area contributed by atoms with Crippen molar-refractivity contribution in [2.75, 3.05) is 13.1 Å². The Morgan fingerprint density at radius 1 is 1.22 bits per heavy atom. The monoisotopic (exact) mass is 334 g/mol. The van der Waals surface area contributed by atoms with Crippen LogP contribution in [0.4, 0.5) is 4.39 Å². The molecule has 2 aromatic rings. The lowest BCUT2D eigenvalue weighted by atomic mass is 9.95. The first kappa shape index (κ1) is 16.1. The molecule has 23 heavy (non-hydrogen) atoms. The molecule has 0 saturated heterocycles. The molecule has 122 valence electrons. The van der Waals surface area contributed by atoms with Gasteiger partial charge in [0.25, 0.3) is 0 Å². The number of benzene rings is 2. The average molecular weight is 334 g/mol. The van der Waals surface area contributed by atoms with Crippen LogP contribution >= 0.6 is 0 Å². The summed E-state index contributed by atoms with van der Waals surface area (Å²) in [6.45, 7) is 2.53. The number of nitrogens with one attached hydrogen (secondary N) is 2. The zero-order chi connectivity index (χ0) is 16.4. The third-order valence-electron chi connectivity index (χ3n) is 4.14. The molecule has 1 aliphatic rings. The van der Waals surface area contributed by atoms with Gasteiger partial charge >= 0.3 is 0 Å². The molecule has 0 fully saturated rings. The molecular weight excluding hydrogens is 315 g/mol. The first-order valence-corrected chi connectivity index (χ1v) is 9.03. The molecule has 0 amide bonds. The summed E-state index contributed by atoms with van der Waals surface area (Å²) >= 11 is 0. The van der Waals surface area contributed by atoms with Crippen molar-refractivity contribution >= 4 is 10.0 Å². The third kappa shape index (κ3) is 3.29. The summed E-state index contributed by atoms with van der Waals surface area (Å²) in [5.74, 6) is -0.697. The Morgan fingerprint density at radius 3 is 2.83 bits per heavy atom. The molecule has 0 spiro atoms. The van der Waals surface area contributed by atoms with Gasteiger partial charge in [-0.1, -0.05) is 36.4 Å². The Labute approximate surface area is 135 Å². The summed E-state index contributed by atoms with van der Waals surface area (Å²) in [6, 6.07) is 12.2. The van der Waals surface area contributed by atoms with E-state index in [1.807, 2.05) is 18.2 Å². The summed E-state index contributed by atoms with van der Waals surface area (Å²) in [5, 5.41) is 3.30. The highest BCUT2D eigenvalue weighted by Gasteiger charge is 2.24. The van der Waals surface area contributed by atoms with E-state index in [1.54, 1.807) is 19.1 Å². The van der Waals surface area contributed by atoms with Crippen LogP contribution in [0.5, 0.6) is 0 Å². The van der Waals surface area contributed by atoms with Crippen LogP contribution in [0, 0.1) is 12.7 Å². The van der Waals surface area contributed by atoms with Crippen molar-refractivity contribution in [3.05, 3.63) is 65.0 Å². The predicted molar refractivity (Wildman–Crippen MR) is 87.2 cm³/mol. The summed E-state index contributed by atoms with van der Waals surface area (Å²) in [7, 11) is -3.88. The van der Waals surface area contributed by atoms with E-state index < -0.39 is 15.8 Å². The zero-order valence-electron chi connectivity index (χ0n) is 12.8. The molecule has 0 aliphatic carbocycles. The van der Waals surface area contributed by atoms with E-state index in [4.69, 9.17) is 0 Å². The lowest BCUT2D eigenvalue weighted by molar-refractivity contribution is 0.489. The van der Waals surface area contributed by atoms with Crippen molar-refractivity contribution in [1.82, 2.24) is 10.0 Å². The molecule has 1 unspecified atom stereocenters. The van der Waals surface area contributed by atoms with Crippen molar-refractivity contribution < 1.29 is 12.8 Å². The first-order valence-electron chi connectivity index (χ1n) is 7.55. The van der Waals surface area contributed by atoms with Crippen molar-refractivity contribution in [3.8, 4) is 0 Å². The molecule has 0 bridgehead atoms. The summed E-state index contributed by atoms with van der Waals surface area (Å²) in [4.78, 5) is -0.304. The van der Waals surface area contributed by atoms with Crippen molar-refractivity contribution in [2.24, 2.45) is 0 Å². The second-order valence-corrected chi connectivity index (χ2v) is 7.43. The fourth-order valence-corrected chi connectivity index (χ4v) is 4.07. The third-order valence-corrected chi connectivity index (χ3v) is 5.58. The van der Waals surface area contributed by atoms with Gasteiger partial charge in [0.15, 0.2) is 0 Å². The van der Waals surface area contributed by atoms with E-state index in [0.29, 0.717) is 5.56 Å². The standard InChI is InChI=1S/C17H19FN2O2S/c1-12-5-4-8-16(17(12)18)23(21,22)20-11-15-14-7-3-2-6-13(14)9-10-19-15/h2-8,15,19-20H,9-11H2,1H3. The normalized spacial score (nSPS) is 17.7. The number of fused-ring (bicyclic) bond motifs is 1. The minimum absolute atomic E-state index is 0.109. The van der Waals surface area contributed by atoms with E-state index in [9.17, 15) is 12.8 Å². The van der Waals surface area contributed by atoms with Crippen LogP contribution < -0.4 is 10.0 Å². The summed E-state index contributed by atoms with van der Waals surface area (Å²) in [6.07, 6.45) is 0.923. The van der Waals surface area contributed by atoms with Crippen LogP contribution in [0.3, 0.4) is 0 Å². The lowest BCUT2D eigenvalue weighted by Gasteiger charge is -2.27. The largest absolute Gasteiger partial charge is 0.308 e. The zero-order valence-corrected chi connectivity index (χ0v) is 13.7. The van der Waals surface area contributed by atoms with Gasteiger partial charge in [-0.2, -0.15) is 0 Å². The number of hydrogen-bond acceptors (Lipinski definition) is 3. The maximum atomic E-state index is 14.1. The first-order chi connectivity index (χ1) is 11.0. The minimum atomic E-state index is -3.88. The Kier molecular flexibility index (Phi) is 4.48. The smallest absolute Gasteiger partial charge is 0.243 e. The number of hydrogen-bond donors (Lipinski definition) is 2. The van der Waals surface area contributed by atoms with E-state index >= 15 is 0 Å². The molecule has 1 aliphatic heterocycles. The van der Waals surface area contributed by atoms with Crippen molar-refractivity contribution in [2.45, 2.75) is 24.3 Å². The molecular formula is C17H19FN2O2S. The van der Waals surface area contributed by atoms with Gasteiger partial charge in [-0.3, -0.25) is 0 Å². The molecule has 1 heterocycles. The van der Waals surface area contributed by atoms with E-state index in [1.165, 1.54) is 11.6 Å². The van der Waals surface area contributed by atoms with Crippen LogP contribution in [-0.2, 0) is 16.4 Å². The second kappa shape index (κ2) is 6.39. The van der Waals surface area contributed by atoms with Gasteiger partial charge in [0.05, 0.1) is 0 Å². The van der Waals surface area contributed by atoms with E-state index in [-0.39, 0.29) is 17.5 Å². The second-order valence-electron chi connectivity index (χ2n) is 5.69. The summed E-state index contributed by atoms with van der Waals surface area (Å²) < 4.78 is 41.4. The summed E-state index contributed by atoms with van der Waals surface area (Å²) in [5.41, 5.74) is 2.62. The average Bonchev–Trinajstić information content (AvgIpc) is 2.55. The lowest BCUT2D eigenvalue weighted by Crippen LogP contribution is -2.39. The van der Waals surface area contributed by atoms with Crippen molar-refractivity contribution in [1.29, 1.82) is 0 Å². The number of rotatable bonds is 4. The fraction of sp³-hybridized carbons (Fsp3) is 0.294. The highest BCUT2D eigenvalue weighted by atomic mass is 32.2. The Morgan fingerprint density at radius 2 is 2.00 bits per heavy atom. The maximum Gasteiger partial charge on any atom is 0.243 e. The van der Waals surface area contributed by atoms with Crippen molar-refractivity contribution in [3.63, 3.8) is 0 Å². The van der Waals surface area contributed by atoms with Crippen LogP contribution in [0.15, 0.2) is 47.4 Å². The highest BCUT2D eigenvalue weighted by molar-refractivity contribution is 7.89. The quantitative estimate of drug-likeness (QED) is 0.902. The number of halogens is 1. The van der Waals surface area contributed by atoms with Gasteiger partial charge in [-0.05, 0) is 42.6 Å². The number of sulfonamides is 1. The molecule has 0 radical (unpaired) electrons. The van der Waals surface area contributed by atoms with E-state index in [0.717, 1.165) is 18.5 Å². The molecule has 0 aromatic heterocycles. The molecule has 2 N–H and O–H groups in total. The van der Waals surface area contributed by atoms with Crippen LogP contribution in [0.1, 0.15) is 22.7 Å². The topological polar surface area (TPSA) is 58.2 Å². The van der Waals surface area contributed by atoms with E-state index in [2.05, 4.69) is 16.1 Å². The SMILES string of the molecule is Cc1cccc(S(=O)(=O)NCC2NCCc3ccccc32)c1F. The Hall–Kier alpha value is -1.76. The number of aryl methyl sites for hydroxylation is 1. The van der Waals surface area contributed by atoms with Gasteiger partial charge < -0.3 is 5.32 Å². The van der Waals surface area contributed by atoms with Crippen LogP contribution in [-0.4, -0.2) is 21.5 Å². The predicted octanol–water partition coefficient (Wildman–Crippen LogP) is 2.30. The molecule has 0 saturated carbocycles. The minimum Gasteiger partial charge on any atom is -0.308 e.